The largest absolute Gasteiger partial charge is 0.480 e. The Kier molecular flexibility index (Phi) is 3.93. The lowest BCUT2D eigenvalue weighted by atomic mass is 10.1. The number of carboxylic acid groups (broad SMARTS) is 1. The fourth-order valence-corrected chi connectivity index (χ4v) is 2.00. The fourth-order valence-electron chi connectivity index (χ4n) is 2.00. The van der Waals surface area contributed by atoms with Crippen molar-refractivity contribution in [3.8, 4) is 0 Å². The molecule has 0 aliphatic carbocycles. The highest BCUT2D eigenvalue weighted by Crippen LogP contribution is 2.06. The van der Waals surface area contributed by atoms with Crippen LogP contribution in [0.15, 0.2) is 12.5 Å². The number of carbonyl (C=O) groups is 2. The second-order valence-electron chi connectivity index (χ2n) is 4.33. The zero-order chi connectivity index (χ0) is 13.0. The molecule has 1 aliphatic heterocycles. The number of carbonyl (C=O) groups excluding carboxylic acids is 1. The molecule has 1 aliphatic rings. The first-order valence-electron chi connectivity index (χ1n) is 5.90. The first-order chi connectivity index (χ1) is 8.66. The molecule has 1 fully saturated rings. The van der Waals surface area contributed by atoms with Crippen LogP contribution in [0.1, 0.15) is 18.5 Å². The van der Waals surface area contributed by atoms with E-state index in [0.717, 1.165) is 19.4 Å². The minimum absolute atomic E-state index is 0.202. The van der Waals surface area contributed by atoms with Gasteiger partial charge in [-0.15, -0.1) is 0 Å². The van der Waals surface area contributed by atoms with Gasteiger partial charge in [-0.1, -0.05) is 0 Å². The highest BCUT2D eigenvalue weighted by Gasteiger charge is 2.27. The summed E-state index contributed by atoms with van der Waals surface area (Å²) in [5, 5.41) is 14.7. The molecule has 98 valence electrons. The number of aromatic nitrogens is 2. The maximum absolute atomic E-state index is 11.8. The summed E-state index contributed by atoms with van der Waals surface area (Å²) in [6.45, 7) is 0.802. The summed E-state index contributed by atoms with van der Waals surface area (Å²) in [4.78, 5) is 29.6. The first kappa shape index (κ1) is 12.6. The third kappa shape index (κ3) is 3.07. The quantitative estimate of drug-likeness (QED) is 0.553. The number of nitrogens with one attached hydrogen (secondary N) is 3. The van der Waals surface area contributed by atoms with Crippen LogP contribution >= 0.6 is 0 Å². The van der Waals surface area contributed by atoms with E-state index in [2.05, 4.69) is 20.6 Å². The van der Waals surface area contributed by atoms with Crippen molar-refractivity contribution in [2.24, 2.45) is 0 Å². The number of amides is 1. The number of rotatable bonds is 5. The van der Waals surface area contributed by atoms with Gasteiger partial charge < -0.3 is 20.7 Å². The number of hydrogen-bond acceptors (Lipinski definition) is 4. The Bertz CT molecular complexity index is 412. The maximum atomic E-state index is 11.8. The van der Waals surface area contributed by atoms with Crippen molar-refractivity contribution in [1.29, 1.82) is 0 Å². The van der Waals surface area contributed by atoms with Gasteiger partial charge in [-0.05, 0) is 19.4 Å². The second kappa shape index (κ2) is 5.63. The monoisotopic (exact) mass is 252 g/mol. The predicted molar refractivity (Wildman–Crippen MR) is 62.9 cm³/mol. The van der Waals surface area contributed by atoms with Crippen molar-refractivity contribution in [1.82, 2.24) is 20.6 Å². The molecule has 0 bridgehead atoms. The van der Waals surface area contributed by atoms with Gasteiger partial charge in [0.2, 0.25) is 5.91 Å². The summed E-state index contributed by atoms with van der Waals surface area (Å²) >= 11 is 0. The average Bonchev–Trinajstić information content (AvgIpc) is 3.00. The molecule has 1 aromatic heterocycles. The Labute approximate surface area is 104 Å². The Balaban J connectivity index is 1.93. The van der Waals surface area contributed by atoms with Crippen LogP contribution in [0.5, 0.6) is 0 Å². The van der Waals surface area contributed by atoms with Crippen molar-refractivity contribution in [3.63, 3.8) is 0 Å². The van der Waals surface area contributed by atoms with Crippen LogP contribution < -0.4 is 10.6 Å². The topological polar surface area (TPSA) is 107 Å². The molecule has 18 heavy (non-hydrogen) atoms. The Hall–Kier alpha value is -1.89. The lowest BCUT2D eigenvalue weighted by molar-refractivity contribution is -0.142. The average molecular weight is 252 g/mol. The molecular formula is C11H16N4O3. The van der Waals surface area contributed by atoms with E-state index in [1.807, 2.05) is 0 Å². The van der Waals surface area contributed by atoms with Crippen molar-refractivity contribution in [2.75, 3.05) is 6.54 Å². The molecule has 1 unspecified atom stereocenters. The van der Waals surface area contributed by atoms with E-state index in [4.69, 9.17) is 5.11 Å². The Morgan fingerprint density at radius 1 is 1.61 bits per heavy atom. The molecular weight excluding hydrogens is 236 g/mol. The molecule has 0 radical (unpaired) electrons. The van der Waals surface area contributed by atoms with Crippen LogP contribution in [-0.2, 0) is 16.0 Å². The van der Waals surface area contributed by atoms with Crippen LogP contribution in [-0.4, -0.2) is 45.6 Å². The highest BCUT2D eigenvalue weighted by atomic mass is 16.4. The van der Waals surface area contributed by atoms with E-state index in [1.54, 1.807) is 6.20 Å². The van der Waals surface area contributed by atoms with Crippen molar-refractivity contribution >= 4 is 11.9 Å². The predicted octanol–water partition coefficient (Wildman–Crippen LogP) is -0.726. The van der Waals surface area contributed by atoms with Crippen LogP contribution in [0.4, 0.5) is 0 Å². The minimum Gasteiger partial charge on any atom is -0.480 e. The molecule has 0 spiro atoms. The maximum Gasteiger partial charge on any atom is 0.326 e. The first-order valence-corrected chi connectivity index (χ1v) is 5.90. The second-order valence-corrected chi connectivity index (χ2v) is 4.33. The van der Waals surface area contributed by atoms with E-state index in [-0.39, 0.29) is 18.4 Å². The van der Waals surface area contributed by atoms with Crippen molar-refractivity contribution < 1.29 is 14.7 Å². The zero-order valence-electron chi connectivity index (χ0n) is 9.85. The molecule has 2 rings (SSSR count). The van der Waals surface area contributed by atoms with Crippen LogP contribution in [0, 0.1) is 0 Å². The summed E-state index contributed by atoms with van der Waals surface area (Å²) in [6, 6.07) is -1.20. The van der Waals surface area contributed by atoms with E-state index in [1.165, 1.54) is 6.33 Å². The van der Waals surface area contributed by atoms with Crippen LogP contribution in [0.2, 0.25) is 0 Å². The summed E-state index contributed by atoms with van der Waals surface area (Å²) in [5.41, 5.74) is 0.682. The zero-order valence-corrected chi connectivity index (χ0v) is 9.85. The number of imidazole rings is 1. The SMILES string of the molecule is O=C(N[C@H](Cc1cnc[nH]1)C(=O)O)C1CCCN1. The molecule has 0 saturated carbocycles. The molecule has 1 aromatic rings. The third-order valence-electron chi connectivity index (χ3n) is 2.97. The standard InChI is InChI=1S/C11H16N4O3/c16-10(8-2-1-3-13-8)15-9(11(17)18)4-7-5-12-6-14-7/h5-6,8-9,13H,1-4H2,(H,12,14)(H,15,16)(H,17,18)/t8?,9-/m1/s1. The summed E-state index contributed by atoms with van der Waals surface area (Å²) in [5.74, 6) is -1.30. The molecule has 0 aromatic carbocycles. The third-order valence-corrected chi connectivity index (χ3v) is 2.97. The molecule has 7 nitrogen and oxygen atoms in total. The van der Waals surface area contributed by atoms with E-state index >= 15 is 0 Å². The molecule has 1 saturated heterocycles. The molecule has 4 N–H and O–H groups in total. The van der Waals surface area contributed by atoms with Gasteiger partial charge >= 0.3 is 5.97 Å². The van der Waals surface area contributed by atoms with Crippen LogP contribution in [0.25, 0.3) is 0 Å². The summed E-state index contributed by atoms with van der Waals surface area (Å²) in [7, 11) is 0. The van der Waals surface area contributed by atoms with Crippen molar-refractivity contribution in [2.45, 2.75) is 31.3 Å². The number of aliphatic carboxylic acids is 1. The number of carboxylic acids is 1. The van der Waals surface area contributed by atoms with Gasteiger partial charge in [-0.2, -0.15) is 0 Å². The molecule has 1 amide bonds. The van der Waals surface area contributed by atoms with Gasteiger partial charge in [0.25, 0.3) is 0 Å². The van der Waals surface area contributed by atoms with Crippen molar-refractivity contribution in [3.05, 3.63) is 18.2 Å². The number of hydrogen-bond donors (Lipinski definition) is 4. The van der Waals surface area contributed by atoms with Gasteiger partial charge in [0.15, 0.2) is 0 Å². The Morgan fingerprint density at radius 3 is 3.00 bits per heavy atom. The van der Waals surface area contributed by atoms with Gasteiger partial charge in [-0.25, -0.2) is 9.78 Å². The van der Waals surface area contributed by atoms with Gasteiger partial charge in [-0.3, -0.25) is 4.79 Å². The van der Waals surface area contributed by atoms with Crippen LogP contribution in [0.3, 0.4) is 0 Å². The minimum atomic E-state index is -1.05. The Morgan fingerprint density at radius 2 is 2.44 bits per heavy atom. The molecule has 7 heteroatoms. The normalized spacial score (nSPS) is 20.6. The smallest absolute Gasteiger partial charge is 0.326 e. The fraction of sp³-hybridized carbons (Fsp3) is 0.545. The van der Waals surface area contributed by atoms with E-state index in [0.29, 0.717) is 5.69 Å². The summed E-state index contributed by atoms with van der Waals surface area (Å²) < 4.78 is 0. The number of nitrogens with zero attached hydrogens (tertiary/aromatic N) is 1. The highest BCUT2D eigenvalue weighted by molar-refractivity contribution is 5.87. The van der Waals surface area contributed by atoms with Gasteiger partial charge in [0.1, 0.15) is 6.04 Å². The summed E-state index contributed by atoms with van der Waals surface area (Å²) in [6.07, 6.45) is 4.93. The lowest BCUT2D eigenvalue weighted by Crippen LogP contribution is -2.49. The number of H-pyrrole nitrogens is 1. The van der Waals surface area contributed by atoms with Gasteiger partial charge in [0, 0.05) is 18.3 Å². The number of aromatic amines is 1. The lowest BCUT2D eigenvalue weighted by Gasteiger charge is -2.16. The molecule has 2 heterocycles. The van der Waals surface area contributed by atoms with E-state index in [9.17, 15) is 9.59 Å². The molecule has 2 atom stereocenters. The van der Waals surface area contributed by atoms with E-state index < -0.39 is 12.0 Å². The van der Waals surface area contributed by atoms with Gasteiger partial charge in [0.05, 0.1) is 12.4 Å².